The van der Waals surface area contributed by atoms with Crippen LogP contribution in [-0.2, 0) is 7.05 Å². The molecule has 0 radical (unpaired) electrons. The Kier molecular flexibility index (Phi) is 2.90. The van der Waals surface area contributed by atoms with Gasteiger partial charge in [-0.25, -0.2) is 0 Å². The van der Waals surface area contributed by atoms with Crippen molar-refractivity contribution in [3.63, 3.8) is 0 Å². The highest BCUT2D eigenvalue weighted by molar-refractivity contribution is 9.10. The molecule has 4 heteroatoms. The second-order valence-corrected chi connectivity index (χ2v) is 3.59. The van der Waals surface area contributed by atoms with E-state index < -0.39 is 0 Å². The summed E-state index contributed by atoms with van der Waals surface area (Å²) in [6.45, 7) is 3.89. The van der Waals surface area contributed by atoms with E-state index in [0.29, 0.717) is 0 Å². The highest BCUT2D eigenvalue weighted by atomic mass is 79.9. The average Bonchev–Trinajstić information content (AvgIpc) is 2.28. The van der Waals surface area contributed by atoms with E-state index in [2.05, 4.69) is 43.5 Å². The molecule has 0 unspecified atom stereocenters. The second kappa shape index (κ2) is 3.54. The first-order valence-electron chi connectivity index (χ1n) is 3.09. The van der Waals surface area contributed by atoms with Crippen LogP contribution < -0.4 is 0 Å². The van der Waals surface area contributed by atoms with E-state index in [1.807, 2.05) is 13.1 Å². The van der Waals surface area contributed by atoms with E-state index in [1.165, 1.54) is 0 Å². The van der Waals surface area contributed by atoms with Gasteiger partial charge in [0.2, 0.25) is 0 Å². The highest BCUT2D eigenvalue weighted by Crippen LogP contribution is 2.17. The van der Waals surface area contributed by atoms with Gasteiger partial charge in [0.1, 0.15) is 4.60 Å². The molecular formula is C7H8Br2N2. The minimum Gasteiger partial charge on any atom is -0.267 e. The lowest BCUT2D eigenvalue weighted by atomic mass is 10.2. The Balaban J connectivity index is 3.03. The van der Waals surface area contributed by atoms with Crippen LogP contribution in [-0.4, -0.2) is 15.1 Å². The van der Waals surface area contributed by atoms with E-state index >= 15 is 0 Å². The van der Waals surface area contributed by atoms with Crippen molar-refractivity contribution >= 4 is 37.4 Å². The third-order valence-electron chi connectivity index (χ3n) is 1.37. The van der Waals surface area contributed by atoms with E-state index in [-0.39, 0.29) is 0 Å². The van der Waals surface area contributed by atoms with Crippen LogP contribution in [0, 0.1) is 0 Å². The van der Waals surface area contributed by atoms with Gasteiger partial charge in [0.05, 0.1) is 5.69 Å². The van der Waals surface area contributed by atoms with E-state index in [9.17, 15) is 0 Å². The Labute approximate surface area is 82.5 Å². The van der Waals surface area contributed by atoms with Crippen molar-refractivity contribution < 1.29 is 0 Å². The summed E-state index contributed by atoms with van der Waals surface area (Å²) >= 11 is 6.63. The number of hydrogen-bond donors (Lipinski definition) is 0. The lowest BCUT2D eigenvalue weighted by Crippen LogP contribution is -1.96. The van der Waals surface area contributed by atoms with Crippen molar-refractivity contribution in [3.8, 4) is 0 Å². The second-order valence-electron chi connectivity index (χ2n) is 2.21. The Hall–Kier alpha value is -0.0900. The molecule has 0 saturated carbocycles. The summed E-state index contributed by atoms with van der Waals surface area (Å²) in [7, 11) is 1.90. The van der Waals surface area contributed by atoms with Crippen LogP contribution in [0.1, 0.15) is 5.69 Å². The Morgan fingerprint density at radius 1 is 1.82 bits per heavy atom. The van der Waals surface area contributed by atoms with Gasteiger partial charge in [0.25, 0.3) is 0 Å². The number of nitrogens with zero attached hydrogens (tertiary/aromatic N) is 2. The summed E-state index contributed by atoms with van der Waals surface area (Å²) in [5.74, 6) is 0. The average molecular weight is 280 g/mol. The molecule has 0 N–H and O–H groups in total. The molecule has 0 bridgehead atoms. The van der Waals surface area contributed by atoms with Gasteiger partial charge in [0, 0.05) is 12.4 Å². The Morgan fingerprint density at radius 2 is 2.45 bits per heavy atom. The standard InChI is InChI=1S/C7H8Br2N2/c1-5(4-8)6-3-7(9)10-11(6)2/h3H,1,4H2,2H3. The lowest BCUT2D eigenvalue weighted by molar-refractivity contribution is 0.750. The molecule has 0 fully saturated rings. The van der Waals surface area contributed by atoms with E-state index in [0.717, 1.165) is 21.2 Å². The van der Waals surface area contributed by atoms with E-state index in [1.54, 1.807) is 4.68 Å². The predicted octanol–water partition coefficient (Wildman–Crippen LogP) is 2.59. The molecule has 2 nitrogen and oxygen atoms in total. The summed E-state index contributed by atoms with van der Waals surface area (Å²) in [5.41, 5.74) is 2.08. The van der Waals surface area contributed by atoms with Crippen LogP contribution in [0.5, 0.6) is 0 Å². The van der Waals surface area contributed by atoms with Gasteiger partial charge < -0.3 is 0 Å². The molecule has 0 aliphatic heterocycles. The van der Waals surface area contributed by atoms with Crippen molar-refractivity contribution in [2.75, 3.05) is 5.33 Å². The molecule has 0 spiro atoms. The Morgan fingerprint density at radius 3 is 2.82 bits per heavy atom. The van der Waals surface area contributed by atoms with Crippen LogP contribution in [0.3, 0.4) is 0 Å². The number of allylic oxidation sites excluding steroid dienone is 1. The van der Waals surface area contributed by atoms with Gasteiger partial charge >= 0.3 is 0 Å². The molecule has 1 heterocycles. The normalized spacial score (nSPS) is 10.1. The molecule has 1 rings (SSSR count). The number of aromatic nitrogens is 2. The zero-order valence-corrected chi connectivity index (χ0v) is 9.31. The van der Waals surface area contributed by atoms with Gasteiger partial charge in [-0.1, -0.05) is 22.5 Å². The summed E-state index contributed by atoms with van der Waals surface area (Å²) in [6, 6.07) is 1.95. The zero-order valence-electron chi connectivity index (χ0n) is 6.14. The van der Waals surface area contributed by atoms with Crippen LogP contribution >= 0.6 is 31.9 Å². The summed E-state index contributed by atoms with van der Waals surface area (Å²) in [5, 5.41) is 4.91. The number of aryl methyl sites for hydroxylation is 1. The fraction of sp³-hybridized carbons (Fsp3) is 0.286. The molecule has 0 amide bonds. The quantitative estimate of drug-likeness (QED) is 0.761. The molecule has 1 aromatic heterocycles. The molecule has 0 atom stereocenters. The van der Waals surface area contributed by atoms with Crippen molar-refractivity contribution in [1.82, 2.24) is 9.78 Å². The highest BCUT2D eigenvalue weighted by Gasteiger charge is 2.04. The minimum absolute atomic E-state index is 0.777. The molecule has 1 aromatic rings. The molecular weight excluding hydrogens is 272 g/mol. The number of rotatable bonds is 2. The van der Waals surface area contributed by atoms with Gasteiger partial charge in [-0.3, -0.25) is 4.68 Å². The third kappa shape index (κ3) is 1.93. The lowest BCUT2D eigenvalue weighted by Gasteiger charge is -1.99. The monoisotopic (exact) mass is 278 g/mol. The number of alkyl halides is 1. The van der Waals surface area contributed by atoms with Crippen LogP contribution in [0.2, 0.25) is 0 Å². The van der Waals surface area contributed by atoms with Crippen LogP contribution in [0.15, 0.2) is 17.2 Å². The summed E-state index contributed by atoms with van der Waals surface area (Å²) in [4.78, 5) is 0. The van der Waals surface area contributed by atoms with Gasteiger partial charge in [-0.05, 0) is 27.6 Å². The fourth-order valence-corrected chi connectivity index (χ4v) is 1.57. The fourth-order valence-electron chi connectivity index (χ4n) is 0.832. The molecule has 11 heavy (non-hydrogen) atoms. The topological polar surface area (TPSA) is 17.8 Å². The van der Waals surface area contributed by atoms with Crippen molar-refractivity contribution in [2.24, 2.45) is 7.05 Å². The van der Waals surface area contributed by atoms with Crippen molar-refractivity contribution in [2.45, 2.75) is 0 Å². The molecule has 60 valence electrons. The smallest absolute Gasteiger partial charge is 0.128 e. The maximum Gasteiger partial charge on any atom is 0.128 e. The number of hydrogen-bond acceptors (Lipinski definition) is 1. The third-order valence-corrected chi connectivity index (χ3v) is 2.44. The predicted molar refractivity (Wildman–Crippen MR) is 53.7 cm³/mol. The largest absolute Gasteiger partial charge is 0.267 e. The zero-order chi connectivity index (χ0) is 8.43. The summed E-state index contributed by atoms with van der Waals surface area (Å²) in [6.07, 6.45) is 0. The molecule has 0 aliphatic carbocycles. The van der Waals surface area contributed by atoms with Gasteiger partial charge in [0.15, 0.2) is 0 Å². The maximum absolute atomic E-state index is 4.13. The Bertz CT molecular complexity index is 278. The molecule has 0 aromatic carbocycles. The first-order chi connectivity index (χ1) is 5.15. The van der Waals surface area contributed by atoms with Crippen molar-refractivity contribution in [3.05, 3.63) is 22.9 Å². The maximum atomic E-state index is 4.13. The first kappa shape index (κ1) is 9.00. The minimum atomic E-state index is 0.777. The molecule has 0 saturated heterocycles. The van der Waals surface area contributed by atoms with E-state index in [4.69, 9.17) is 0 Å². The van der Waals surface area contributed by atoms with Gasteiger partial charge in [-0.15, -0.1) is 0 Å². The number of halogens is 2. The molecule has 0 aliphatic rings. The van der Waals surface area contributed by atoms with Crippen LogP contribution in [0.4, 0.5) is 0 Å². The van der Waals surface area contributed by atoms with Crippen molar-refractivity contribution in [1.29, 1.82) is 0 Å². The SMILES string of the molecule is C=C(CBr)c1cc(Br)nn1C. The van der Waals surface area contributed by atoms with Crippen LogP contribution in [0.25, 0.3) is 5.57 Å². The first-order valence-corrected chi connectivity index (χ1v) is 5.00. The summed E-state index contributed by atoms with van der Waals surface area (Å²) < 4.78 is 2.64. The van der Waals surface area contributed by atoms with Gasteiger partial charge in [-0.2, -0.15) is 5.10 Å².